The molecule has 0 bridgehead atoms. The quantitative estimate of drug-likeness (QED) is 0.330. The molecule has 184 valence electrons. The maximum absolute atomic E-state index is 13.8. The number of amides is 1. The first-order valence-electron chi connectivity index (χ1n) is 10.2. The van der Waals surface area contributed by atoms with Gasteiger partial charge < -0.3 is 10.1 Å². The summed E-state index contributed by atoms with van der Waals surface area (Å²) in [4.78, 5) is 11.5. The van der Waals surface area contributed by atoms with Crippen molar-refractivity contribution in [2.45, 2.75) is 32.7 Å². The Kier molecular flexibility index (Phi) is 7.42. The van der Waals surface area contributed by atoms with Crippen LogP contribution in [0.2, 0.25) is 0 Å². The lowest BCUT2D eigenvalue weighted by molar-refractivity contribution is -0.174. The number of aromatic nitrogens is 2. The SMILES string of the molecule is C.C[C@H](NC(=O)C(F)(F)F)[C@H](Oc1ccc2c(cnn2-c2ccc(F)cc2)c1)c1cccc(F)c1. The van der Waals surface area contributed by atoms with Crippen molar-refractivity contribution in [3.8, 4) is 11.4 Å². The summed E-state index contributed by atoms with van der Waals surface area (Å²) in [5.41, 5.74) is 1.56. The van der Waals surface area contributed by atoms with Crippen LogP contribution in [-0.2, 0) is 4.79 Å². The number of ether oxygens (including phenoxy) is 1. The minimum Gasteiger partial charge on any atom is -0.484 e. The molecule has 0 saturated carbocycles. The van der Waals surface area contributed by atoms with Crippen molar-refractivity contribution in [3.05, 3.63) is 90.1 Å². The van der Waals surface area contributed by atoms with E-state index >= 15 is 0 Å². The minimum atomic E-state index is -5.07. The van der Waals surface area contributed by atoms with E-state index in [-0.39, 0.29) is 24.6 Å². The van der Waals surface area contributed by atoms with Gasteiger partial charge in [0.05, 0.1) is 23.4 Å². The van der Waals surface area contributed by atoms with Crippen LogP contribution in [0.1, 0.15) is 26.0 Å². The maximum Gasteiger partial charge on any atom is 0.471 e. The fraction of sp³-hybridized carbons (Fsp3) is 0.200. The second-order valence-corrected chi connectivity index (χ2v) is 7.61. The van der Waals surface area contributed by atoms with Crippen LogP contribution in [0, 0.1) is 11.6 Å². The predicted octanol–water partition coefficient (Wildman–Crippen LogP) is 6.13. The number of nitrogens with one attached hydrogen (secondary N) is 1. The molecule has 0 aliphatic carbocycles. The topological polar surface area (TPSA) is 56.1 Å². The molecule has 0 aliphatic rings. The number of halogens is 5. The summed E-state index contributed by atoms with van der Waals surface area (Å²) in [6.45, 7) is 1.34. The van der Waals surface area contributed by atoms with Crippen LogP contribution >= 0.6 is 0 Å². The van der Waals surface area contributed by atoms with Gasteiger partial charge in [0, 0.05) is 5.39 Å². The number of nitrogens with zero attached hydrogens (tertiary/aromatic N) is 2. The highest BCUT2D eigenvalue weighted by Crippen LogP contribution is 2.30. The van der Waals surface area contributed by atoms with Crippen molar-refractivity contribution in [2.75, 3.05) is 0 Å². The second-order valence-electron chi connectivity index (χ2n) is 7.61. The number of rotatable bonds is 6. The number of carbonyl (C=O) groups excluding carboxylic acids is 1. The number of benzene rings is 3. The maximum atomic E-state index is 13.8. The van der Waals surface area contributed by atoms with Gasteiger partial charge in [0.25, 0.3) is 0 Å². The van der Waals surface area contributed by atoms with Crippen LogP contribution in [0.5, 0.6) is 5.75 Å². The van der Waals surface area contributed by atoms with Gasteiger partial charge in [0.1, 0.15) is 23.5 Å². The van der Waals surface area contributed by atoms with E-state index in [1.165, 1.54) is 37.3 Å². The zero-order valence-corrected chi connectivity index (χ0v) is 17.7. The molecule has 3 aromatic carbocycles. The zero-order valence-electron chi connectivity index (χ0n) is 17.7. The van der Waals surface area contributed by atoms with Gasteiger partial charge in [-0.05, 0) is 67.1 Å². The summed E-state index contributed by atoms with van der Waals surface area (Å²) < 4.78 is 72.9. The predicted molar refractivity (Wildman–Crippen MR) is 121 cm³/mol. The summed E-state index contributed by atoms with van der Waals surface area (Å²) in [6, 6.07) is 14.7. The number of alkyl halides is 3. The van der Waals surface area contributed by atoms with E-state index in [9.17, 15) is 26.7 Å². The molecule has 1 aromatic heterocycles. The standard InChI is InChI=1S/C24H18F5N3O2.CH4/c1-14(31-23(33)24(27,28)29)22(15-3-2-4-18(26)11-15)34-20-9-10-21-16(12-20)13-30-32(21)19-7-5-17(25)6-8-19;/h2-14,22H,1H3,(H,31,33);1H4/t14-,22-;/m0./s1. The average Bonchev–Trinajstić information content (AvgIpc) is 3.20. The Bertz CT molecular complexity index is 1320. The molecule has 0 spiro atoms. The van der Waals surface area contributed by atoms with Crippen LogP contribution < -0.4 is 10.1 Å². The second kappa shape index (κ2) is 10.1. The van der Waals surface area contributed by atoms with Gasteiger partial charge in [0.2, 0.25) is 0 Å². The summed E-state index contributed by atoms with van der Waals surface area (Å²) >= 11 is 0. The Labute approximate surface area is 198 Å². The lowest BCUT2D eigenvalue weighted by Crippen LogP contribution is -2.45. The number of carbonyl (C=O) groups is 1. The molecule has 4 rings (SSSR count). The molecule has 2 atom stereocenters. The van der Waals surface area contributed by atoms with Gasteiger partial charge >= 0.3 is 12.1 Å². The van der Waals surface area contributed by atoms with Crippen molar-refractivity contribution in [2.24, 2.45) is 0 Å². The molecule has 5 nitrogen and oxygen atoms in total. The van der Waals surface area contributed by atoms with Crippen molar-refractivity contribution in [3.63, 3.8) is 0 Å². The summed E-state index contributed by atoms with van der Waals surface area (Å²) in [5, 5.41) is 6.81. The van der Waals surface area contributed by atoms with Crippen molar-refractivity contribution in [1.29, 1.82) is 0 Å². The van der Waals surface area contributed by atoms with Crippen LogP contribution in [0.4, 0.5) is 22.0 Å². The van der Waals surface area contributed by atoms with E-state index < -0.39 is 30.0 Å². The Morgan fingerprint density at radius 3 is 2.37 bits per heavy atom. The number of hydrogen-bond acceptors (Lipinski definition) is 3. The molecule has 35 heavy (non-hydrogen) atoms. The molecule has 1 N–H and O–H groups in total. The molecule has 0 saturated heterocycles. The normalized spacial score (nSPS) is 13.1. The largest absolute Gasteiger partial charge is 0.484 e. The summed E-state index contributed by atoms with van der Waals surface area (Å²) in [7, 11) is 0. The van der Waals surface area contributed by atoms with Gasteiger partial charge in [-0.15, -0.1) is 0 Å². The van der Waals surface area contributed by atoms with Gasteiger partial charge in [-0.2, -0.15) is 18.3 Å². The third-order valence-corrected chi connectivity index (χ3v) is 5.12. The molecule has 0 unspecified atom stereocenters. The van der Waals surface area contributed by atoms with E-state index in [0.29, 0.717) is 16.6 Å². The van der Waals surface area contributed by atoms with E-state index in [1.807, 2.05) is 5.32 Å². The third kappa shape index (κ3) is 5.76. The Morgan fingerprint density at radius 2 is 1.71 bits per heavy atom. The molecule has 1 amide bonds. The monoisotopic (exact) mass is 491 g/mol. The average molecular weight is 491 g/mol. The molecule has 0 radical (unpaired) electrons. The Morgan fingerprint density at radius 1 is 1.00 bits per heavy atom. The fourth-order valence-electron chi connectivity index (χ4n) is 3.53. The van der Waals surface area contributed by atoms with Crippen LogP contribution in [-0.4, -0.2) is 27.9 Å². The number of fused-ring (bicyclic) bond motifs is 1. The Hall–Kier alpha value is -3.95. The third-order valence-electron chi connectivity index (χ3n) is 5.12. The lowest BCUT2D eigenvalue weighted by atomic mass is 10.0. The Balaban J connectivity index is 0.00000342. The molecule has 0 fully saturated rings. The molecule has 10 heteroatoms. The van der Waals surface area contributed by atoms with Gasteiger partial charge in [0.15, 0.2) is 0 Å². The van der Waals surface area contributed by atoms with Crippen molar-refractivity contribution < 1.29 is 31.5 Å². The first-order chi connectivity index (χ1) is 16.1. The highest BCUT2D eigenvalue weighted by Gasteiger charge is 2.40. The van der Waals surface area contributed by atoms with E-state index in [4.69, 9.17) is 4.74 Å². The van der Waals surface area contributed by atoms with Crippen molar-refractivity contribution >= 4 is 16.8 Å². The molecular weight excluding hydrogens is 469 g/mol. The highest BCUT2D eigenvalue weighted by molar-refractivity contribution is 5.82. The lowest BCUT2D eigenvalue weighted by Gasteiger charge is -2.27. The van der Waals surface area contributed by atoms with Crippen molar-refractivity contribution in [1.82, 2.24) is 15.1 Å². The van der Waals surface area contributed by atoms with Gasteiger partial charge in [-0.3, -0.25) is 4.79 Å². The van der Waals surface area contributed by atoms with E-state index in [1.54, 1.807) is 41.2 Å². The molecular formula is C25H22F5N3O2. The van der Waals surface area contributed by atoms with E-state index in [2.05, 4.69) is 5.10 Å². The number of hydrogen-bond donors (Lipinski definition) is 1. The summed E-state index contributed by atoms with van der Waals surface area (Å²) in [6.07, 6.45) is -4.64. The fourth-order valence-corrected chi connectivity index (χ4v) is 3.53. The smallest absolute Gasteiger partial charge is 0.471 e. The van der Waals surface area contributed by atoms with E-state index in [0.717, 1.165) is 6.07 Å². The zero-order chi connectivity index (χ0) is 24.5. The van der Waals surface area contributed by atoms with Gasteiger partial charge in [-0.1, -0.05) is 19.6 Å². The summed E-state index contributed by atoms with van der Waals surface area (Å²) in [5.74, 6) is -2.84. The first-order valence-corrected chi connectivity index (χ1v) is 10.2. The molecule has 0 aliphatic heterocycles. The minimum absolute atomic E-state index is 0. The van der Waals surface area contributed by atoms with Gasteiger partial charge in [-0.25, -0.2) is 13.5 Å². The first kappa shape index (κ1) is 25.7. The highest BCUT2D eigenvalue weighted by atomic mass is 19.4. The van der Waals surface area contributed by atoms with Crippen LogP contribution in [0.15, 0.2) is 72.9 Å². The molecule has 4 aromatic rings. The van der Waals surface area contributed by atoms with Crippen LogP contribution in [0.25, 0.3) is 16.6 Å². The van der Waals surface area contributed by atoms with Crippen LogP contribution in [0.3, 0.4) is 0 Å². The molecule has 1 heterocycles.